The predicted octanol–water partition coefficient (Wildman–Crippen LogP) is 1.58. The quantitative estimate of drug-likeness (QED) is 0.615. The molecule has 0 aliphatic rings. The molecule has 0 atom stereocenters. The normalized spacial score (nSPS) is 10.6. The Morgan fingerprint density at radius 2 is 1.62 bits per heavy atom. The third kappa shape index (κ3) is 3.79. The smallest absolute Gasteiger partial charge is 0.140 e. The molecule has 2 nitrogen and oxygen atoms in total. The van der Waals surface area contributed by atoms with Crippen molar-refractivity contribution in [2.45, 2.75) is 12.3 Å². The van der Waals surface area contributed by atoms with Gasteiger partial charge in [0.25, 0.3) is 0 Å². The Labute approximate surface area is 84.5 Å². The molecule has 0 fully saturated rings. The number of benzene rings is 1. The van der Waals surface area contributed by atoms with Gasteiger partial charge >= 0.3 is 0 Å². The second-order valence-corrected chi connectivity index (χ2v) is 4.14. The highest BCUT2D eigenvalue weighted by Crippen LogP contribution is 2.07. The number of aryl methyl sites for hydroxylation is 1. The Hall–Kier alpha value is -0.540. The summed E-state index contributed by atoms with van der Waals surface area (Å²) in [7, 11) is -2.26. The van der Waals surface area contributed by atoms with E-state index in [9.17, 15) is 8.42 Å². The van der Waals surface area contributed by atoms with E-state index in [-0.39, 0.29) is 5.75 Å². The van der Waals surface area contributed by atoms with E-state index in [0.29, 0.717) is 12.3 Å². The molecule has 0 saturated carbocycles. The molecule has 0 amide bonds. The molecule has 1 aromatic carbocycles. The van der Waals surface area contributed by atoms with Gasteiger partial charge in [0.1, 0.15) is 10.7 Å². The summed E-state index contributed by atoms with van der Waals surface area (Å²) in [5, 5.41) is 0. The van der Waals surface area contributed by atoms with E-state index in [1.54, 1.807) is 0 Å². The van der Waals surface area contributed by atoms with E-state index in [2.05, 4.69) is 0 Å². The van der Waals surface area contributed by atoms with E-state index in [4.69, 9.17) is 11.6 Å². The molecule has 0 spiro atoms. The number of hydrogen-bond donors (Lipinski definition) is 1. The van der Waals surface area contributed by atoms with Gasteiger partial charge in [0.15, 0.2) is 0 Å². The monoisotopic (exact) mass is 218 g/mol. The van der Waals surface area contributed by atoms with Crippen LogP contribution in [0.4, 0.5) is 0 Å². The van der Waals surface area contributed by atoms with Crippen molar-refractivity contribution in [3.05, 3.63) is 35.4 Å². The fourth-order valence-corrected chi connectivity index (χ4v) is 1.63. The van der Waals surface area contributed by atoms with Crippen LogP contribution < -0.4 is 0 Å². The van der Waals surface area contributed by atoms with Crippen molar-refractivity contribution in [3.8, 4) is 0 Å². The van der Waals surface area contributed by atoms with E-state index in [0.717, 1.165) is 11.1 Å². The van der Waals surface area contributed by atoms with E-state index < -0.39 is 10.7 Å². The summed E-state index contributed by atoms with van der Waals surface area (Å²) < 4.78 is 20.6. The molecule has 0 unspecified atom stereocenters. The van der Waals surface area contributed by atoms with Gasteiger partial charge in [-0.2, -0.15) is 0 Å². The first kappa shape index (κ1) is 10.5. The Bertz CT molecular complexity index is 322. The molecule has 13 heavy (non-hydrogen) atoms. The first-order valence-electron chi connectivity index (χ1n) is 3.98. The summed E-state index contributed by atoms with van der Waals surface area (Å²) in [4.78, 5) is 0. The Morgan fingerprint density at radius 1 is 1.08 bits per heavy atom. The summed E-state index contributed by atoms with van der Waals surface area (Å²) >= 11 is 5.61. The van der Waals surface area contributed by atoms with Crippen molar-refractivity contribution in [1.82, 2.24) is 0 Å². The van der Waals surface area contributed by atoms with Gasteiger partial charge in [-0.3, -0.25) is 0 Å². The fourth-order valence-electron chi connectivity index (χ4n) is 1.02. The van der Waals surface area contributed by atoms with Crippen LogP contribution in [0.25, 0.3) is 0 Å². The number of halogens is 1. The number of hydrogen-bond acceptors (Lipinski definition) is 2. The van der Waals surface area contributed by atoms with Crippen LogP contribution in [0.15, 0.2) is 24.3 Å². The third-order valence-electron chi connectivity index (χ3n) is 1.76. The Balaban J connectivity index is 2.59. The van der Waals surface area contributed by atoms with Crippen LogP contribution in [0.3, 0.4) is 0 Å². The van der Waals surface area contributed by atoms with E-state index in [1.807, 2.05) is 24.3 Å². The highest BCUT2D eigenvalue weighted by Gasteiger charge is 1.94. The van der Waals surface area contributed by atoms with Crippen LogP contribution in [0.5, 0.6) is 0 Å². The molecule has 0 aliphatic carbocycles. The van der Waals surface area contributed by atoms with Crippen LogP contribution in [-0.4, -0.2) is 14.2 Å². The molecular formula is C9H11ClO2S. The van der Waals surface area contributed by atoms with Gasteiger partial charge < -0.3 is 0 Å². The number of rotatable bonds is 4. The first-order valence-corrected chi connectivity index (χ1v) is 5.87. The fraction of sp³-hybridized carbons (Fsp3) is 0.333. The number of thiol groups is 1. The summed E-state index contributed by atoms with van der Waals surface area (Å²) in [5.41, 5.74) is 2.09. The lowest BCUT2D eigenvalue weighted by Crippen LogP contribution is -1.93. The molecule has 72 valence electrons. The molecule has 0 N–H and O–H groups in total. The minimum Gasteiger partial charge on any atom is -0.232 e. The second kappa shape index (κ2) is 5.25. The SMILES string of the molecule is O=[SH](=O)CCc1ccc(CCl)cc1. The standard InChI is InChI=1S/C9H11ClO2S/c10-7-9-3-1-8(2-4-9)5-6-13(11)12/h1-4,13H,5-7H2. The van der Waals surface area contributed by atoms with Crippen molar-refractivity contribution in [2.75, 3.05) is 5.75 Å². The maximum Gasteiger partial charge on any atom is 0.140 e. The van der Waals surface area contributed by atoms with Crippen LogP contribution in [-0.2, 0) is 23.0 Å². The zero-order valence-corrected chi connectivity index (χ0v) is 8.72. The minimum absolute atomic E-state index is 0.218. The molecule has 0 bridgehead atoms. The highest BCUT2D eigenvalue weighted by atomic mass is 35.5. The zero-order valence-electron chi connectivity index (χ0n) is 7.07. The predicted molar refractivity (Wildman–Crippen MR) is 54.9 cm³/mol. The summed E-state index contributed by atoms with van der Waals surface area (Å²) in [6, 6.07) is 7.66. The topological polar surface area (TPSA) is 34.1 Å². The van der Waals surface area contributed by atoms with E-state index in [1.165, 1.54) is 0 Å². The summed E-state index contributed by atoms with van der Waals surface area (Å²) in [6.07, 6.45) is 0.585. The van der Waals surface area contributed by atoms with E-state index >= 15 is 0 Å². The van der Waals surface area contributed by atoms with Gasteiger partial charge in [-0.1, -0.05) is 24.3 Å². The maximum atomic E-state index is 10.3. The molecule has 1 rings (SSSR count). The molecule has 0 aliphatic heterocycles. The van der Waals surface area contributed by atoms with Crippen LogP contribution in [0.1, 0.15) is 11.1 Å². The largest absolute Gasteiger partial charge is 0.232 e. The Morgan fingerprint density at radius 3 is 2.08 bits per heavy atom. The van der Waals surface area contributed by atoms with Gasteiger partial charge in [0, 0.05) is 5.88 Å². The van der Waals surface area contributed by atoms with Gasteiger partial charge in [-0.15, -0.1) is 11.6 Å². The van der Waals surface area contributed by atoms with Gasteiger partial charge in [-0.25, -0.2) is 8.42 Å². The second-order valence-electron chi connectivity index (χ2n) is 2.76. The van der Waals surface area contributed by atoms with Gasteiger partial charge in [0.05, 0.1) is 5.75 Å². The molecule has 0 radical (unpaired) electrons. The van der Waals surface area contributed by atoms with Crippen LogP contribution in [0.2, 0.25) is 0 Å². The first-order chi connectivity index (χ1) is 6.22. The summed E-state index contributed by atoms with van der Waals surface area (Å²) in [5.74, 6) is 0.714. The molecule has 0 aromatic heterocycles. The lowest BCUT2D eigenvalue weighted by atomic mass is 10.1. The summed E-state index contributed by atoms with van der Waals surface area (Å²) in [6.45, 7) is 0. The lowest BCUT2D eigenvalue weighted by molar-refractivity contribution is 0.614. The average Bonchev–Trinajstić information content (AvgIpc) is 2.15. The molecule has 4 heteroatoms. The van der Waals surface area contributed by atoms with Crippen molar-refractivity contribution in [2.24, 2.45) is 0 Å². The van der Waals surface area contributed by atoms with Crippen LogP contribution in [0, 0.1) is 0 Å². The van der Waals surface area contributed by atoms with Gasteiger partial charge in [-0.05, 0) is 17.5 Å². The van der Waals surface area contributed by atoms with Crippen molar-refractivity contribution in [3.63, 3.8) is 0 Å². The molecule has 0 heterocycles. The van der Waals surface area contributed by atoms with Crippen LogP contribution >= 0.6 is 11.6 Å². The third-order valence-corrected chi connectivity index (χ3v) is 2.66. The minimum atomic E-state index is -2.26. The molecule has 0 saturated heterocycles. The zero-order chi connectivity index (χ0) is 9.68. The Kier molecular flexibility index (Phi) is 4.25. The number of alkyl halides is 1. The molecule has 1 aromatic rings. The van der Waals surface area contributed by atoms with Crippen molar-refractivity contribution in [1.29, 1.82) is 0 Å². The highest BCUT2D eigenvalue weighted by molar-refractivity contribution is 7.72. The van der Waals surface area contributed by atoms with Gasteiger partial charge in [0.2, 0.25) is 0 Å². The van der Waals surface area contributed by atoms with Crippen molar-refractivity contribution < 1.29 is 8.42 Å². The maximum absolute atomic E-state index is 10.3. The molecular weight excluding hydrogens is 208 g/mol. The lowest BCUT2D eigenvalue weighted by Gasteiger charge is -1.98. The average molecular weight is 219 g/mol. The van der Waals surface area contributed by atoms with Crippen molar-refractivity contribution >= 4 is 22.3 Å².